The van der Waals surface area contributed by atoms with Gasteiger partial charge in [-0.3, -0.25) is 10.1 Å². The second-order valence-corrected chi connectivity index (χ2v) is 4.98. The van der Waals surface area contributed by atoms with Gasteiger partial charge in [0.15, 0.2) is 0 Å². The fraction of sp³-hybridized carbons (Fsp3) is 0.364. The Balaban J connectivity index is 2.17. The maximum atomic E-state index is 13.4. The highest BCUT2D eigenvalue weighted by atomic mass is 32.2. The molecule has 1 aliphatic heterocycles. The number of halogens is 4. The van der Waals surface area contributed by atoms with E-state index >= 15 is 0 Å². The molecule has 3 nitrogen and oxygen atoms in total. The topological polar surface area (TPSA) is 41.1 Å². The predicted octanol–water partition coefficient (Wildman–Crippen LogP) is 2.45. The van der Waals surface area contributed by atoms with Gasteiger partial charge in [0, 0.05) is 11.6 Å². The van der Waals surface area contributed by atoms with Gasteiger partial charge in [-0.05, 0) is 18.2 Å². The molecule has 0 aromatic heterocycles. The van der Waals surface area contributed by atoms with Crippen molar-refractivity contribution in [1.82, 2.24) is 5.32 Å². The second kappa shape index (κ2) is 5.38. The van der Waals surface area contributed by atoms with Crippen LogP contribution in [0, 0.1) is 5.82 Å². The van der Waals surface area contributed by atoms with E-state index in [4.69, 9.17) is 0 Å². The van der Waals surface area contributed by atoms with Crippen LogP contribution in [0.3, 0.4) is 0 Å². The number of carbonyl (C=O) groups is 1. The number of hydrogen-bond acceptors (Lipinski definition) is 3. The summed E-state index contributed by atoms with van der Waals surface area (Å²) in [6.07, 6.45) is -4.57. The first-order valence-electron chi connectivity index (χ1n) is 5.36. The lowest BCUT2D eigenvalue weighted by molar-refractivity contribution is -0.137. The van der Waals surface area contributed by atoms with E-state index in [1.807, 2.05) is 0 Å². The third kappa shape index (κ3) is 3.38. The van der Waals surface area contributed by atoms with Crippen molar-refractivity contribution in [1.29, 1.82) is 0 Å². The molecular weight excluding hydrogens is 284 g/mol. The Labute approximate surface area is 110 Å². The standard InChI is InChI=1S/C11H10F4N2OS/c12-7-2-1-6(11(13,14)15)3-8(7)17-10(18)9-4-19-5-16-9/h1-3,9,16H,4-5H2,(H,17,18). The molecular formula is C11H10F4N2OS. The third-order valence-electron chi connectivity index (χ3n) is 2.58. The zero-order chi connectivity index (χ0) is 14.0. The number of thioether (sulfide) groups is 1. The molecule has 0 bridgehead atoms. The normalized spacial score (nSPS) is 19.5. The summed E-state index contributed by atoms with van der Waals surface area (Å²) in [5.41, 5.74) is -1.46. The molecule has 1 aromatic carbocycles. The van der Waals surface area contributed by atoms with E-state index in [-0.39, 0.29) is 0 Å². The fourth-order valence-electron chi connectivity index (χ4n) is 1.58. The largest absolute Gasteiger partial charge is 0.416 e. The van der Waals surface area contributed by atoms with Crippen molar-refractivity contribution in [2.75, 3.05) is 16.9 Å². The van der Waals surface area contributed by atoms with Gasteiger partial charge in [0.2, 0.25) is 5.91 Å². The third-order valence-corrected chi connectivity index (χ3v) is 3.52. The van der Waals surface area contributed by atoms with Crippen molar-refractivity contribution < 1.29 is 22.4 Å². The number of rotatable bonds is 2. The molecule has 0 radical (unpaired) electrons. The van der Waals surface area contributed by atoms with Crippen molar-refractivity contribution >= 4 is 23.4 Å². The van der Waals surface area contributed by atoms with Gasteiger partial charge in [0.05, 0.1) is 17.3 Å². The van der Waals surface area contributed by atoms with E-state index in [2.05, 4.69) is 10.6 Å². The van der Waals surface area contributed by atoms with Gasteiger partial charge in [-0.2, -0.15) is 13.2 Å². The number of hydrogen-bond donors (Lipinski definition) is 2. The predicted molar refractivity (Wildman–Crippen MR) is 64.3 cm³/mol. The summed E-state index contributed by atoms with van der Waals surface area (Å²) >= 11 is 1.49. The van der Waals surface area contributed by atoms with Crippen molar-refractivity contribution in [2.45, 2.75) is 12.2 Å². The Morgan fingerprint density at radius 1 is 1.42 bits per heavy atom. The van der Waals surface area contributed by atoms with Crippen LogP contribution >= 0.6 is 11.8 Å². The van der Waals surface area contributed by atoms with Crippen LogP contribution in [0.1, 0.15) is 5.56 Å². The molecule has 1 atom stereocenters. The van der Waals surface area contributed by atoms with Gasteiger partial charge < -0.3 is 5.32 Å². The van der Waals surface area contributed by atoms with Gasteiger partial charge in [-0.1, -0.05) is 0 Å². The van der Waals surface area contributed by atoms with Crippen LogP contribution in [0.25, 0.3) is 0 Å². The first kappa shape index (κ1) is 14.1. The lowest BCUT2D eigenvalue weighted by Gasteiger charge is -2.13. The molecule has 1 aliphatic rings. The average molecular weight is 294 g/mol. The quantitative estimate of drug-likeness (QED) is 0.823. The Morgan fingerprint density at radius 2 is 2.16 bits per heavy atom. The molecule has 1 saturated heterocycles. The molecule has 1 unspecified atom stereocenters. The lowest BCUT2D eigenvalue weighted by Crippen LogP contribution is -2.37. The van der Waals surface area contributed by atoms with E-state index in [0.717, 1.165) is 0 Å². The Morgan fingerprint density at radius 3 is 2.74 bits per heavy atom. The maximum absolute atomic E-state index is 13.4. The Bertz CT molecular complexity index is 486. The lowest BCUT2D eigenvalue weighted by atomic mass is 10.1. The van der Waals surface area contributed by atoms with Crippen molar-refractivity contribution in [3.05, 3.63) is 29.6 Å². The molecule has 1 amide bonds. The van der Waals surface area contributed by atoms with Crippen LogP contribution in [0.2, 0.25) is 0 Å². The summed E-state index contributed by atoms with van der Waals surface area (Å²) in [6.45, 7) is 0. The molecule has 2 N–H and O–H groups in total. The van der Waals surface area contributed by atoms with Gasteiger partial charge in [0.25, 0.3) is 0 Å². The van der Waals surface area contributed by atoms with Gasteiger partial charge in [-0.15, -0.1) is 11.8 Å². The molecule has 0 spiro atoms. The number of carbonyl (C=O) groups excluding carboxylic acids is 1. The summed E-state index contributed by atoms with van der Waals surface area (Å²) in [5.74, 6) is -0.342. The van der Waals surface area contributed by atoms with Crippen LogP contribution in [-0.4, -0.2) is 23.6 Å². The van der Waals surface area contributed by atoms with Crippen molar-refractivity contribution in [3.63, 3.8) is 0 Å². The van der Waals surface area contributed by atoms with Crippen LogP contribution in [-0.2, 0) is 11.0 Å². The number of nitrogens with one attached hydrogen (secondary N) is 2. The SMILES string of the molecule is O=C(Nc1cc(C(F)(F)F)ccc1F)C1CSCN1. The van der Waals surface area contributed by atoms with E-state index in [1.54, 1.807) is 0 Å². The van der Waals surface area contributed by atoms with E-state index in [0.29, 0.717) is 29.8 Å². The van der Waals surface area contributed by atoms with Gasteiger partial charge >= 0.3 is 6.18 Å². The fourth-order valence-corrected chi connectivity index (χ4v) is 2.52. The molecule has 0 aliphatic carbocycles. The monoisotopic (exact) mass is 294 g/mol. The number of amides is 1. The molecule has 8 heteroatoms. The van der Waals surface area contributed by atoms with E-state index in [1.165, 1.54) is 11.8 Å². The highest BCUT2D eigenvalue weighted by molar-refractivity contribution is 7.99. The van der Waals surface area contributed by atoms with Gasteiger partial charge in [0.1, 0.15) is 5.82 Å². The zero-order valence-electron chi connectivity index (χ0n) is 9.55. The zero-order valence-corrected chi connectivity index (χ0v) is 10.4. The first-order chi connectivity index (χ1) is 8.88. The van der Waals surface area contributed by atoms with Crippen molar-refractivity contribution in [3.8, 4) is 0 Å². The van der Waals surface area contributed by atoms with Gasteiger partial charge in [-0.25, -0.2) is 4.39 Å². The van der Waals surface area contributed by atoms with E-state index in [9.17, 15) is 22.4 Å². The summed E-state index contributed by atoms with van der Waals surface area (Å²) < 4.78 is 50.9. The smallest absolute Gasteiger partial charge is 0.322 e. The highest BCUT2D eigenvalue weighted by Crippen LogP contribution is 2.31. The summed E-state index contributed by atoms with van der Waals surface area (Å²) in [4.78, 5) is 11.7. The second-order valence-electron chi connectivity index (χ2n) is 3.95. The minimum atomic E-state index is -4.57. The van der Waals surface area contributed by atoms with Crippen LogP contribution in [0.4, 0.5) is 23.2 Å². The number of alkyl halides is 3. The number of benzene rings is 1. The minimum Gasteiger partial charge on any atom is -0.322 e. The Kier molecular flexibility index (Phi) is 4.00. The average Bonchev–Trinajstić information content (AvgIpc) is 2.84. The molecule has 1 heterocycles. The molecule has 1 aromatic rings. The van der Waals surface area contributed by atoms with Crippen LogP contribution in [0.15, 0.2) is 18.2 Å². The van der Waals surface area contributed by atoms with Crippen molar-refractivity contribution in [2.24, 2.45) is 0 Å². The molecule has 2 rings (SSSR count). The van der Waals surface area contributed by atoms with E-state index < -0.39 is 35.2 Å². The number of anilines is 1. The summed E-state index contributed by atoms with van der Waals surface area (Å²) in [6, 6.07) is 1.40. The first-order valence-corrected chi connectivity index (χ1v) is 6.52. The highest BCUT2D eigenvalue weighted by Gasteiger charge is 2.31. The van der Waals surface area contributed by atoms with Crippen LogP contribution < -0.4 is 10.6 Å². The molecule has 1 fully saturated rings. The Hall–Kier alpha value is -1.28. The molecule has 0 saturated carbocycles. The maximum Gasteiger partial charge on any atom is 0.416 e. The molecule has 104 valence electrons. The molecule has 19 heavy (non-hydrogen) atoms. The van der Waals surface area contributed by atoms with Crippen LogP contribution in [0.5, 0.6) is 0 Å². The minimum absolute atomic E-state index is 0.460. The summed E-state index contributed by atoms with van der Waals surface area (Å²) in [5, 5.41) is 5.02. The summed E-state index contributed by atoms with van der Waals surface area (Å²) in [7, 11) is 0.